The van der Waals surface area contributed by atoms with Crippen LogP contribution in [0.1, 0.15) is 29.5 Å². The summed E-state index contributed by atoms with van der Waals surface area (Å²) < 4.78 is 0. The third-order valence-electron chi connectivity index (χ3n) is 3.58. The summed E-state index contributed by atoms with van der Waals surface area (Å²) in [6.45, 7) is 0.845. The highest BCUT2D eigenvalue weighted by atomic mass is 32.1. The number of anilines is 1. The fourth-order valence-electron chi connectivity index (χ4n) is 2.65. The molecule has 3 heterocycles. The maximum atomic E-state index is 10.9. The molecule has 1 aliphatic heterocycles. The lowest BCUT2D eigenvalue weighted by atomic mass is 10.2. The summed E-state index contributed by atoms with van der Waals surface area (Å²) >= 11 is 1.69. The number of hydrogen-bond donors (Lipinski definition) is 0. The van der Waals surface area contributed by atoms with Crippen molar-refractivity contribution in [3.63, 3.8) is 0 Å². The van der Waals surface area contributed by atoms with E-state index in [0.717, 1.165) is 19.4 Å². The Bertz CT molecular complexity index is 708. The van der Waals surface area contributed by atoms with Gasteiger partial charge in [-0.05, 0) is 30.4 Å². The van der Waals surface area contributed by atoms with Crippen molar-refractivity contribution >= 4 is 22.8 Å². The summed E-state index contributed by atoms with van der Waals surface area (Å²) in [7, 11) is 0. The first-order valence-electron chi connectivity index (χ1n) is 6.56. The van der Waals surface area contributed by atoms with Gasteiger partial charge in [0.2, 0.25) is 5.69 Å². The van der Waals surface area contributed by atoms with Gasteiger partial charge in [0.1, 0.15) is 11.9 Å². The minimum atomic E-state index is -0.573. The molecule has 0 amide bonds. The third kappa shape index (κ3) is 2.45. The molecule has 106 valence electrons. The van der Waals surface area contributed by atoms with Crippen molar-refractivity contribution in [3.8, 4) is 6.07 Å². The maximum Gasteiger partial charge on any atom is 0.305 e. The zero-order valence-electron chi connectivity index (χ0n) is 11.1. The van der Waals surface area contributed by atoms with Crippen molar-refractivity contribution < 1.29 is 4.92 Å². The molecular formula is C14H12N4O2S. The number of rotatable bonds is 3. The van der Waals surface area contributed by atoms with Crippen LogP contribution in [0, 0.1) is 21.4 Å². The molecule has 1 aliphatic rings. The molecule has 7 heteroatoms. The van der Waals surface area contributed by atoms with Crippen LogP contribution in [0.4, 0.5) is 11.5 Å². The molecule has 1 fully saturated rings. The van der Waals surface area contributed by atoms with E-state index in [1.807, 2.05) is 17.5 Å². The lowest BCUT2D eigenvalue weighted by molar-refractivity contribution is -0.385. The molecule has 0 saturated carbocycles. The van der Waals surface area contributed by atoms with Crippen molar-refractivity contribution in [1.29, 1.82) is 5.26 Å². The largest absolute Gasteiger partial charge is 0.349 e. The second kappa shape index (κ2) is 5.50. The van der Waals surface area contributed by atoms with Crippen molar-refractivity contribution in [3.05, 3.63) is 50.3 Å². The summed E-state index contributed by atoms with van der Waals surface area (Å²) in [5.74, 6) is 0.632. The Morgan fingerprint density at radius 1 is 1.48 bits per heavy atom. The Morgan fingerprint density at radius 3 is 3.00 bits per heavy atom. The summed E-state index contributed by atoms with van der Waals surface area (Å²) in [5.41, 5.74) is -0.373. The number of pyridine rings is 1. The van der Waals surface area contributed by atoms with Gasteiger partial charge in [0.05, 0.1) is 11.0 Å². The number of nitriles is 1. The van der Waals surface area contributed by atoms with Crippen LogP contribution >= 0.6 is 11.3 Å². The lowest BCUT2D eigenvalue weighted by Gasteiger charge is -2.24. The molecule has 1 saturated heterocycles. The van der Waals surface area contributed by atoms with Crippen LogP contribution < -0.4 is 4.90 Å². The lowest BCUT2D eigenvalue weighted by Crippen LogP contribution is -2.23. The summed E-state index contributed by atoms with van der Waals surface area (Å²) in [6, 6.07) is 9.15. The van der Waals surface area contributed by atoms with E-state index in [0.29, 0.717) is 5.82 Å². The summed E-state index contributed by atoms with van der Waals surface area (Å²) in [4.78, 5) is 17.9. The molecule has 1 unspecified atom stereocenters. The molecule has 3 rings (SSSR count). The van der Waals surface area contributed by atoms with E-state index in [1.165, 1.54) is 10.9 Å². The molecule has 21 heavy (non-hydrogen) atoms. The van der Waals surface area contributed by atoms with Crippen molar-refractivity contribution in [2.45, 2.75) is 18.9 Å². The molecular weight excluding hydrogens is 288 g/mol. The smallest absolute Gasteiger partial charge is 0.305 e. The van der Waals surface area contributed by atoms with Crippen LogP contribution in [0.25, 0.3) is 0 Å². The van der Waals surface area contributed by atoms with E-state index >= 15 is 0 Å². The summed E-state index contributed by atoms with van der Waals surface area (Å²) in [6.07, 6.45) is 2.07. The number of aromatic nitrogens is 1. The molecule has 1 atom stereocenters. The molecule has 0 aliphatic carbocycles. The fourth-order valence-corrected chi connectivity index (χ4v) is 3.52. The SMILES string of the molecule is N#Cc1nc(N2CCCC2c2cccs2)ccc1[N+](=O)[O-]. The number of nitrogens with zero attached hydrogens (tertiary/aromatic N) is 4. The normalized spacial score (nSPS) is 17.7. The maximum absolute atomic E-state index is 10.9. The van der Waals surface area contributed by atoms with E-state index in [9.17, 15) is 10.1 Å². The highest BCUT2D eigenvalue weighted by molar-refractivity contribution is 7.10. The molecule has 0 bridgehead atoms. The predicted octanol–water partition coefficient (Wildman–Crippen LogP) is 3.26. The van der Waals surface area contributed by atoms with E-state index in [-0.39, 0.29) is 17.4 Å². The van der Waals surface area contributed by atoms with Gasteiger partial charge in [0.15, 0.2) is 0 Å². The second-order valence-corrected chi connectivity index (χ2v) is 5.75. The van der Waals surface area contributed by atoms with E-state index < -0.39 is 4.92 Å². The minimum absolute atomic E-state index is 0.130. The van der Waals surface area contributed by atoms with E-state index in [4.69, 9.17) is 5.26 Å². The first-order chi connectivity index (χ1) is 10.2. The molecule has 0 N–H and O–H groups in total. The molecule has 2 aromatic rings. The van der Waals surface area contributed by atoms with Crippen LogP contribution in [-0.4, -0.2) is 16.5 Å². The molecule has 0 spiro atoms. The van der Waals surface area contributed by atoms with Crippen LogP contribution in [0.2, 0.25) is 0 Å². The standard InChI is InChI=1S/C14H12N4O2S/c15-9-10-11(18(19)20)5-6-14(16-10)17-7-1-3-12(17)13-4-2-8-21-13/h2,4-6,8,12H,1,3,7H2. The molecule has 6 nitrogen and oxygen atoms in total. The Kier molecular flexibility index (Phi) is 3.54. The number of nitro groups is 1. The average molecular weight is 300 g/mol. The Labute approximate surface area is 125 Å². The van der Waals surface area contributed by atoms with Gasteiger partial charge in [-0.2, -0.15) is 5.26 Å². The van der Waals surface area contributed by atoms with Gasteiger partial charge < -0.3 is 4.90 Å². The highest BCUT2D eigenvalue weighted by Crippen LogP contribution is 2.37. The monoisotopic (exact) mass is 300 g/mol. The molecule has 0 aromatic carbocycles. The second-order valence-electron chi connectivity index (χ2n) is 4.77. The molecule has 0 radical (unpaired) electrons. The van der Waals surface area contributed by atoms with Crippen molar-refractivity contribution in [2.75, 3.05) is 11.4 Å². The fraction of sp³-hybridized carbons (Fsp3) is 0.286. The van der Waals surface area contributed by atoms with Gasteiger partial charge >= 0.3 is 5.69 Å². The number of thiophene rings is 1. The minimum Gasteiger partial charge on any atom is -0.349 e. The van der Waals surface area contributed by atoms with Crippen LogP contribution in [-0.2, 0) is 0 Å². The van der Waals surface area contributed by atoms with Gasteiger partial charge in [0.25, 0.3) is 0 Å². The van der Waals surface area contributed by atoms with Crippen molar-refractivity contribution in [1.82, 2.24) is 4.98 Å². The topological polar surface area (TPSA) is 83.1 Å². The van der Waals surface area contributed by atoms with Gasteiger partial charge in [-0.15, -0.1) is 11.3 Å². The predicted molar refractivity (Wildman–Crippen MR) is 79.2 cm³/mol. The molecule has 2 aromatic heterocycles. The first-order valence-corrected chi connectivity index (χ1v) is 7.44. The Hall–Kier alpha value is -2.46. The quantitative estimate of drug-likeness (QED) is 0.641. The highest BCUT2D eigenvalue weighted by Gasteiger charge is 2.29. The van der Waals surface area contributed by atoms with Crippen LogP contribution in [0.15, 0.2) is 29.6 Å². The van der Waals surface area contributed by atoms with E-state index in [2.05, 4.69) is 16.0 Å². The summed E-state index contributed by atoms with van der Waals surface area (Å²) in [5, 5.41) is 22.0. The van der Waals surface area contributed by atoms with Gasteiger partial charge in [0, 0.05) is 17.5 Å². The van der Waals surface area contributed by atoms with Crippen LogP contribution in [0.5, 0.6) is 0 Å². The average Bonchev–Trinajstić information content (AvgIpc) is 3.16. The zero-order valence-corrected chi connectivity index (χ0v) is 11.9. The van der Waals surface area contributed by atoms with Gasteiger partial charge in [-0.25, -0.2) is 4.98 Å². The van der Waals surface area contributed by atoms with Crippen molar-refractivity contribution in [2.24, 2.45) is 0 Å². The Balaban J connectivity index is 1.97. The zero-order chi connectivity index (χ0) is 14.8. The third-order valence-corrected chi connectivity index (χ3v) is 4.55. The van der Waals surface area contributed by atoms with Gasteiger partial charge in [-0.3, -0.25) is 10.1 Å². The van der Waals surface area contributed by atoms with E-state index in [1.54, 1.807) is 17.4 Å². The number of hydrogen-bond acceptors (Lipinski definition) is 6. The van der Waals surface area contributed by atoms with Gasteiger partial charge in [-0.1, -0.05) is 6.07 Å². The first kappa shape index (κ1) is 13.5. The van der Waals surface area contributed by atoms with Crippen LogP contribution in [0.3, 0.4) is 0 Å². The Morgan fingerprint density at radius 2 is 2.33 bits per heavy atom.